The largest absolute Gasteiger partial charge is 0.398 e. The summed E-state index contributed by atoms with van der Waals surface area (Å²) in [7, 11) is 0. The molecule has 0 saturated carbocycles. The van der Waals surface area contributed by atoms with Crippen LogP contribution in [0.25, 0.3) is 5.70 Å². The maximum Gasteiger partial charge on any atom is 0.0595 e. The molecule has 1 aliphatic carbocycles. The molecule has 1 unspecified atom stereocenters. The minimum atomic E-state index is 0.139. The second kappa shape index (κ2) is 5.55. The maximum atomic E-state index is 7.59. The van der Waals surface area contributed by atoms with Crippen molar-refractivity contribution < 1.29 is 0 Å². The van der Waals surface area contributed by atoms with E-state index in [1.165, 1.54) is 11.8 Å². The Morgan fingerprint density at radius 2 is 1.86 bits per heavy atom. The smallest absolute Gasteiger partial charge is 0.0595 e. The van der Waals surface area contributed by atoms with Crippen LogP contribution in [-0.4, -0.2) is 6.21 Å². The Balaban J connectivity index is 2.16. The number of hydrogen-bond donors (Lipinski definition) is 2. The summed E-state index contributed by atoms with van der Waals surface area (Å²) in [5, 5.41) is 8.68. The van der Waals surface area contributed by atoms with Gasteiger partial charge in [0.05, 0.1) is 10.0 Å². The molecule has 4 heteroatoms. The number of nitrogens with two attached hydrogens (primary N) is 1. The lowest BCUT2D eigenvalue weighted by atomic mass is 9.78. The zero-order valence-electron chi connectivity index (χ0n) is 11.2. The SMILES string of the molecule is N=CC1=C(N)c2ccccc2C(c2ccc(Cl)c(Cl)c2)C1. The number of rotatable bonds is 2. The van der Waals surface area contributed by atoms with E-state index in [-0.39, 0.29) is 5.92 Å². The fourth-order valence-corrected chi connectivity index (χ4v) is 3.13. The van der Waals surface area contributed by atoms with Crippen LogP contribution in [-0.2, 0) is 0 Å². The minimum Gasteiger partial charge on any atom is -0.398 e. The molecule has 0 aliphatic heterocycles. The number of benzene rings is 2. The lowest BCUT2D eigenvalue weighted by molar-refractivity contribution is 0.799. The van der Waals surface area contributed by atoms with Crippen LogP contribution in [0.3, 0.4) is 0 Å². The molecule has 0 bridgehead atoms. The van der Waals surface area contributed by atoms with E-state index in [2.05, 4.69) is 6.07 Å². The van der Waals surface area contributed by atoms with Crippen LogP contribution in [0, 0.1) is 5.41 Å². The maximum absolute atomic E-state index is 7.59. The standard InChI is InChI=1S/C17H14Cl2N2/c18-15-6-5-10(8-16(15)19)14-7-11(9-20)17(21)13-4-2-1-3-12(13)14/h1-6,8-9,14,20H,7,21H2. The fraction of sp³-hybridized carbons (Fsp3) is 0.118. The predicted octanol–water partition coefficient (Wildman–Crippen LogP) is 4.85. The first-order chi connectivity index (χ1) is 10.1. The van der Waals surface area contributed by atoms with Crippen molar-refractivity contribution in [1.29, 1.82) is 5.41 Å². The minimum absolute atomic E-state index is 0.139. The van der Waals surface area contributed by atoms with Crippen molar-refractivity contribution in [3.63, 3.8) is 0 Å². The number of halogens is 2. The van der Waals surface area contributed by atoms with Crippen molar-refractivity contribution in [2.75, 3.05) is 0 Å². The summed E-state index contributed by atoms with van der Waals surface area (Å²) in [4.78, 5) is 0. The highest BCUT2D eigenvalue weighted by molar-refractivity contribution is 6.42. The van der Waals surface area contributed by atoms with E-state index >= 15 is 0 Å². The van der Waals surface area contributed by atoms with E-state index in [0.717, 1.165) is 16.7 Å². The molecule has 0 amide bonds. The van der Waals surface area contributed by atoms with Gasteiger partial charge in [0.1, 0.15) is 0 Å². The molecule has 0 heterocycles. The summed E-state index contributed by atoms with van der Waals surface area (Å²) in [6.45, 7) is 0. The Bertz CT molecular complexity index is 750. The van der Waals surface area contributed by atoms with Crippen LogP contribution in [0.1, 0.15) is 29.0 Å². The number of nitrogens with one attached hydrogen (secondary N) is 1. The fourth-order valence-electron chi connectivity index (χ4n) is 2.82. The summed E-state index contributed by atoms with van der Waals surface area (Å²) in [5.74, 6) is 0.139. The lowest BCUT2D eigenvalue weighted by Gasteiger charge is -2.27. The number of hydrogen-bond acceptors (Lipinski definition) is 2. The molecular formula is C17H14Cl2N2. The van der Waals surface area contributed by atoms with Crippen molar-refractivity contribution in [3.8, 4) is 0 Å². The third-order valence-corrected chi connectivity index (χ3v) is 4.66. The van der Waals surface area contributed by atoms with Gasteiger partial charge in [-0.2, -0.15) is 0 Å². The van der Waals surface area contributed by atoms with Crippen LogP contribution in [0.15, 0.2) is 48.0 Å². The molecule has 3 rings (SSSR count). The molecule has 0 spiro atoms. The first-order valence-electron chi connectivity index (χ1n) is 6.65. The van der Waals surface area contributed by atoms with Gasteiger partial charge in [0.25, 0.3) is 0 Å². The van der Waals surface area contributed by atoms with Crippen LogP contribution in [0.4, 0.5) is 0 Å². The third-order valence-electron chi connectivity index (χ3n) is 3.92. The zero-order chi connectivity index (χ0) is 15.0. The average molecular weight is 317 g/mol. The van der Waals surface area contributed by atoms with Crippen LogP contribution in [0.5, 0.6) is 0 Å². The van der Waals surface area contributed by atoms with Crippen molar-refractivity contribution in [2.24, 2.45) is 5.73 Å². The van der Waals surface area contributed by atoms with Crippen molar-refractivity contribution in [3.05, 3.63) is 74.8 Å². The summed E-state index contributed by atoms with van der Waals surface area (Å²) in [6.07, 6.45) is 2.04. The van der Waals surface area contributed by atoms with Gasteiger partial charge in [-0.15, -0.1) is 0 Å². The van der Waals surface area contributed by atoms with E-state index in [1.807, 2.05) is 36.4 Å². The first kappa shape index (κ1) is 14.2. The van der Waals surface area contributed by atoms with Gasteiger partial charge in [-0.1, -0.05) is 53.5 Å². The van der Waals surface area contributed by atoms with Gasteiger partial charge in [-0.3, -0.25) is 0 Å². The molecule has 1 atom stereocenters. The highest BCUT2D eigenvalue weighted by Crippen LogP contribution is 2.41. The lowest BCUT2D eigenvalue weighted by Crippen LogP contribution is -2.16. The first-order valence-corrected chi connectivity index (χ1v) is 7.40. The molecule has 21 heavy (non-hydrogen) atoms. The van der Waals surface area contributed by atoms with E-state index < -0.39 is 0 Å². The Kier molecular flexibility index (Phi) is 3.75. The topological polar surface area (TPSA) is 49.9 Å². The Labute approximate surface area is 133 Å². The van der Waals surface area contributed by atoms with E-state index in [0.29, 0.717) is 22.2 Å². The van der Waals surface area contributed by atoms with Crippen molar-refractivity contribution in [1.82, 2.24) is 0 Å². The number of fused-ring (bicyclic) bond motifs is 1. The molecule has 3 N–H and O–H groups in total. The monoisotopic (exact) mass is 316 g/mol. The Hall–Kier alpha value is -1.77. The molecule has 2 aromatic rings. The summed E-state index contributed by atoms with van der Waals surface area (Å²) in [6, 6.07) is 13.7. The van der Waals surface area contributed by atoms with Crippen LogP contribution < -0.4 is 5.73 Å². The van der Waals surface area contributed by atoms with Gasteiger partial charge < -0.3 is 11.1 Å². The van der Waals surface area contributed by atoms with Crippen LogP contribution >= 0.6 is 23.2 Å². The quantitative estimate of drug-likeness (QED) is 0.764. The molecule has 1 aliphatic rings. The molecule has 0 fully saturated rings. The molecule has 2 aromatic carbocycles. The molecule has 106 valence electrons. The van der Waals surface area contributed by atoms with E-state index in [1.54, 1.807) is 0 Å². The summed E-state index contributed by atoms with van der Waals surface area (Å²) < 4.78 is 0. The average Bonchev–Trinajstić information content (AvgIpc) is 2.51. The second-order valence-corrected chi connectivity index (χ2v) is 5.92. The zero-order valence-corrected chi connectivity index (χ0v) is 12.7. The van der Waals surface area contributed by atoms with Gasteiger partial charge in [0.15, 0.2) is 0 Å². The van der Waals surface area contributed by atoms with Crippen molar-refractivity contribution >= 4 is 35.1 Å². The van der Waals surface area contributed by atoms with E-state index in [4.69, 9.17) is 34.3 Å². The molecule has 2 nitrogen and oxygen atoms in total. The van der Waals surface area contributed by atoms with E-state index in [9.17, 15) is 0 Å². The normalized spacial score (nSPS) is 17.5. The summed E-state index contributed by atoms with van der Waals surface area (Å²) in [5.41, 5.74) is 11.0. The number of allylic oxidation sites excluding steroid dienone is 1. The second-order valence-electron chi connectivity index (χ2n) is 5.10. The van der Waals surface area contributed by atoms with Crippen molar-refractivity contribution in [2.45, 2.75) is 12.3 Å². The van der Waals surface area contributed by atoms with Gasteiger partial charge in [-0.05, 0) is 35.3 Å². The highest BCUT2D eigenvalue weighted by Gasteiger charge is 2.26. The van der Waals surface area contributed by atoms with Gasteiger partial charge in [-0.25, -0.2) is 0 Å². The summed E-state index contributed by atoms with van der Waals surface area (Å²) >= 11 is 12.1. The van der Waals surface area contributed by atoms with Gasteiger partial charge in [0, 0.05) is 23.4 Å². The van der Waals surface area contributed by atoms with Gasteiger partial charge in [0.2, 0.25) is 0 Å². The Morgan fingerprint density at radius 1 is 1.10 bits per heavy atom. The van der Waals surface area contributed by atoms with Crippen LogP contribution in [0.2, 0.25) is 10.0 Å². The molecular weight excluding hydrogens is 303 g/mol. The molecule has 0 aromatic heterocycles. The Morgan fingerprint density at radius 3 is 2.57 bits per heavy atom. The molecule has 0 radical (unpaired) electrons. The third kappa shape index (κ3) is 2.45. The highest BCUT2D eigenvalue weighted by atomic mass is 35.5. The van der Waals surface area contributed by atoms with Gasteiger partial charge >= 0.3 is 0 Å². The predicted molar refractivity (Wildman–Crippen MR) is 89.3 cm³/mol. The molecule has 0 saturated heterocycles.